The van der Waals surface area contributed by atoms with Crippen LogP contribution >= 0.6 is 0 Å². The molecule has 1 aromatic heterocycles. The fraction of sp³-hybridized carbons (Fsp3) is 0.615. The van der Waals surface area contributed by atoms with Gasteiger partial charge in [-0.3, -0.25) is 4.90 Å². The van der Waals surface area contributed by atoms with Gasteiger partial charge in [0.1, 0.15) is 5.69 Å². The second-order valence-electron chi connectivity index (χ2n) is 4.60. The average molecular weight is 251 g/mol. The normalized spacial score (nSPS) is 15.5. The van der Waals surface area contributed by atoms with E-state index in [9.17, 15) is 4.79 Å². The Morgan fingerprint density at radius 3 is 3.00 bits per heavy atom. The first-order chi connectivity index (χ1) is 8.67. The Morgan fingerprint density at radius 1 is 1.56 bits per heavy atom. The molecule has 0 aromatic carbocycles. The van der Waals surface area contributed by atoms with Crippen molar-refractivity contribution in [1.29, 1.82) is 0 Å². The Bertz CT molecular complexity index is 440. The summed E-state index contributed by atoms with van der Waals surface area (Å²) in [6, 6.07) is 1.95. The molecule has 100 valence electrons. The number of esters is 1. The Balaban J connectivity index is 2.20. The number of carbonyl (C=O) groups excluding carboxylic acids is 1. The molecule has 2 heterocycles. The highest BCUT2D eigenvalue weighted by Gasteiger charge is 2.23. The topological polar surface area (TPSA) is 60.5 Å². The molecule has 2 rings (SSSR count). The number of aromatic nitrogens is 1. The van der Waals surface area contributed by atoms with E-state index in [1.165, 1.54) is 11.3 Å². The quantitative estimate of drug-likeness (QED) is 0.793. The maximum atomic E-state index is 11.8. The molecule has 1 aromatic rings. The number of nitrogens with zero attached hydrogens (tertiary/aromatic N) is 2. The minimum atomic E-state index is -0.236. The molecule has 0 aliphatic carbocycles. The van der Waals surface area contributed by atoms with Crippen molar-refractivity contribution >= 4 is 5.97 Å². The van der Waals surface area contributed by atoms with E-state index in [0.29, 0.717) is 18.8 Å². The fourth-order valence-electron chi connectivity index (χ4n) is 2.53. The number of nitrogens with two attached hydrogens (primary N) is 1. The monoisotopic (exact) mass is 251 g/mol. The summed E-state index contributed by atoms with van der Waals surface area (Å²) in [6.07, 6.45) is 0.964. The Hall–Kier alpha value is -1.33. The van der Waals surface area contributed by atoms with Crippen molar-refractivity contribution < 1.29 is 9.53 Å². The van der Waals surface area contributed by atoms with Gasteiger partial charge in [0.25, 0.3) is 0 Å². The maximum absolute atomic E-state index is 11.8. The number of hydrogen-bond acceptors (Lipinski definition) is 4. The van der Waals surface area contributed by atoms with E-state index in [2.05, 4.69) is 4.90 Å². The molecule has 0 amide bonds. The smallest absolute Gasteiger partial charge is 0.354 e. The zero-order valence-corrected chi connectivity index (χ0v) is 11.1. The highest BCUT2D eigenvalue weighted by Crippen LogP contribution is 2.22. The summed E-state index contributed by atoms with van der Waals surface area (Å²) in [5, 5.41) is 0. The van der Waals surface area contributed by atoms with Crippen molar-refractivity contribution in [2.75, 3.05) is 26.2 Å². The summed E-state index contributed by atoms with van der Waals surface area (Å²) in [7, 11) is 1.93. The lowest BCUT2D eigenvalue weighted by atomic mass is 10.1. The lowest BCUT2D eigenvalue weighted by Crippen LogP contribution is -2.34. The van der Waals surface area contributed by atoms with Crippen molar-refractivity contribution in [3.8, 4) is 0 Å². The van der Waals surface area contributed by atoms with Gasteiger partial charge >= 0.3 is 5.97 Å². The molecule has 0 radical (unpaired) electrons. The first-order valence-corrected chi connectivity index (χ1v) is 6.44. The van der Waals surface area contributed by atoms with Crippen LogP contribution < -0.4 is 5.73 Å². The Labute approximate surface area is 108 Å². The second-order valence-corrected chi connectivity index (χ2v) is 4.60. The van der Waals surface area contributed by atoms with Crippen LogP contribution in [-0.4, -0.2) is 41.7 Å². The van der Waals surface area contributed by atoms with Crippen LogP contribution in [0.3, 0.4) is 0 Å². The summed E-state index contributed by atoms with van der Waals surface area (Å²) < 4.78 is 7.03. The van der Waals surface area contributed by atoms with Crippen LogP contribution in [-0.2, 0) is 24.8 Å². The molecule has 0 saturated carbocycles. The van der Waals surface area contributed by atoms with E-state index < -0.39 is 0 Å². The van der Waals surface area contributed by atoms with Gasteiger partial charge in [-0.1, -0.05) is 0 Å². The van der Waals surface area contributed by atoms with Crippen molar-refractivity contribution in [3.05, 3.63) is 23.0 Å². The number of carbonyl (C=O) groups is 1. The third-order valence-corrected chi connectivity index (χ3v) is 3.44. The van der Waals surface area contributed by atoms with E-state index >= 15 is 0 Å². The van der Waals surface area contributed by atoms with Crippen LogP contribution in [0, 0.1) is 0 Å². The van der Waals surface area contributed by atoms with Crippen molar-refractivity contribution in [2.45, 2.75) is 19.9 Å². The van der Waals surface area contributed by atoms with Crippen molar-refractivity contribution in [1.82, 2.24) is 9.47 Å². The Kier molecular flexibility index (Phi) is 4.04. The van der Waals surface area contributed by atoms with Gasteiger partial charge < -0.3 is 15.0 Å². The standard InChI is InChI=1S/C13H21N3O2/c1-3-18-13(17)12-8-10-9-16(7-5-14)6-4-11(10)15(12)2/h8H,3-7,9,14H2,1-2H3. The minimum absolute atomic E-state index is 0.236. The van der Waals surface area contributed by atoms with Gasteiger partial charge in [-0.05, 0) is 18.6 Å². The van der Waals surface area contributed by atoms with Gasteiger partial charge in [0, 0.05) is 45.3 Å². The molecule has 1 aliphatic rings. The minimum Gasteiger partial charge on any atom is -0.461 e. The summed E-state index contributed by atoms with van der Waals surface area (Å²) in [5.74, 6) is -0.236. The van der Waals surface area contributed by atoms with Crippen LogP contribution in [0.15, 0.2) is 6.07 Å². The van der Waals surface area contributed by atoms with Gasteiger partial charge in [0.05, 0.1) is 6.61 Å². The zero-order valence-electron chi connectivity index (χ0n) is 11.1. The third-order valence-electron chi connectivity index (χ3n) is 3.44. The zero-order chi connectivity index (χ0) is 13.1. The Morgan fingerprint density at radius 2 is 2.33 bits per heavy atom. The summed E-state index contributed by atoms with van der Waals surface area (Å²) in [5.41, 5.74) is 8.70. The lowest BCUT2D eigenvalue weighted by Gasteiger charge is -2.26. The van der Waals surface area contributed by atoms with E-state index in [1.807, 2.05) is 24.6 Å². The fourth-order valence-corrected chi connectivity index (χ4v) is 2.53. The summed E-state index contributed by atoms with van der Waals surface area (Å²) in [4.78, 5) is 14.1. The van der Waals surface area contributed by atoms with Gasteiger partial charge in [0.2, 0.25) is 0 Å². The maximum Gasteiger partial charge on any atom is 0.354 e. The molecule has 1 aliphatic heterocycles. The number of fused-ring (bicyclic) bond motifs is 1. The molecule has 0 fully saturated rings. The SMILES string of the molecule is CCOC(=O)c1cc2c(n1C)CCN(CCN)C2. The van der Waals surface area contributed by atoms with E-state index in [1.54, 1.807) is 0 Å². The molecular weight excluding hydrogens is 230 g/mol. The highest BCUT2D eigenvalue weighted by atomic mass is 16.5. The van der Waals surface area contributed by atoms with Crippen molar-refractivity contribution in [2.24, 2.45) is 12.8 Å². The molecule has 0 saturated heterocycles. The third kappa shape index (κ3) is 2.42. The van der Waals surface area contributed by atoms with Crippen LogP contribution in [0.25, 0.3) is 0 Å². The van der Waals surface area contributed by atoms with E-state index in [4.69, 9.17) is 10.5 Å². The summed E-state index contributed by atoms with van der Waals surface area (Å²) in [6.45, 7) is 5.69. The van der Waals surface area contributed by atoms with Crippen LogP contribution in [0.5, 0.6) is 0 Å². The van der Waals surface area contributed by atoms with Crippen LogP contribution in [0.4, 0.5) is 0 Å². The molecule has 2 N–H and O–H groups in total. The largest absolute Gasteiger partial charge is 0.461 e. The predicted octanol–water partition coefficient (Wildman–Crippen LogP) is 0.519. The number of hydrogen-bond donors (Lipinski definition) is 1. The molecule has 0 unspecified atom stereocenters. The van der Waals surface area contributed by atoms with Crippen molar-refractivity contribution in [3.63, 3.8) is 0 Å². The molecule has 18 heavy (non-hydrogen) atoms. The van der Waals surface area contributed by atoms with Gasteiger partial charge in [-0.2, -0.15) is 0 Å². The van der Waals surface area contributed by atoms with E-state index in [0.717, 1.165) is 26.1 Å². The number of ether oxygens (including phenoxy) is 1. The second kappa shape index (κ2) is 5.54. The molecule has 5 nitrogen and oxygen atoms in total. The lowest BCUT2D eigenvalue weighted by molar-refractivity contribution is 0.0515. The van der Waals surface area contributed by atoms with Crippen LogP contribution in [0.2, 0.25) is 0 Å². The van der Waals surface area contributed by atoms with E-state index in [-0.39, 0.29) is 5.97 Å². The molecule has 5 heteroatoms. The first-order valence-electron chi connectivity index (χ1n) is 6.44. The number of rotatable bonds is 4. The average Bonchev–Trinajstić information content (AvgIpc) is 2.67. The first kappa shape index (κ1) is 13.1. The summed E-state index contributed by atoms with van der Waals surface area (Å²) >= 11 is 0. The van der Waals surface area contributed by atoms with Gasteiger partial charge in [-0.15, -0.1) is 0 Å². The predicted molar refractivity (Wildman–Crippen MR) is 69.4 cm³/mol. The molecular formula is C13H21N3O2. The van der Waals surface area contributed by atoms with Gasteiger partial charge in [0.15, 0.2) is 0 Å². The van der Waals surface area contributed by atoms with Gasteiger partial charge in [-0.25, -0.2) is 4.79 Å². The molecule has 0 spiro atoms. The molecule has 0 bridgehead atoms. The molecule has 0 atom stereocenters. The highest BCUT2D eigenvalue weighted by molar-refractivity contribution is 5.88. The van der Waals surface area contributed by atoms with Crippen LogP contribution in [0.1, 0.15) is 28.7 Å².